The highest BCUT2D eigenvalue weighted by Gasteiger charge is 2.55. The predicted molar refractivity (Wildman–Crippen MR) is 119 cm³/mol. The maximum absolute atomic E-state index is 11.4. The second kappa shape index (κ2) is 12.3. The van der Waals surface area contributed by atoms with Gasteiger partial charge in [0.15, 0.2) is 0 Å². The van der Waals surface area contributed by atoms with Crippen LogP contribution in [0, 0.1) is 11.8 Å². The fourth-order valence-electron chi connectivity index (χ4n) is 5.07. The second-order valence-electron chi connectivity index (χ2n) is 9.34. The number of aliphatic hydroxyl groups excluding tert-OH is 2. The fraction of sp³-hybridized carbons (Fsp3) is 1.00. The SMILES string of the molecule is COC[C@H]1OC2CO[C@@H](C1OS(=O)(=O)O)[C@H]2COC[C@@H]1OC(C)(CO)[C@H](OS(=O)(=O)O)[C@@H](COC)C1O. The summed E-state index contributed by atoms with van der Waals surface area (Å²) in [4.78, 5) is 0. The smallest absolute Gasteiger partial charge is 0.393 e. The first-order valence-electron chi connectivity index (χ1n) is 11.3. The monoisotopic (exact) mass is 582 g/mol. The summed E-state index contributed by atoms with van der Waals surface area (Å²) in [5.74, 6) is -1.55. The van der Waals surface area contributed by atoms with Gasteiger partial charge in [0, 0.05) is 26.1 Å². The van der Waals surface area contributed by atoms with Gasteiger partial charge in [-0.15, -0.1) is 0 Å². The predicted octanol–water partition coefficient (Wildman–Crippen LogP) is -2.42. The van der Waals surface area contributed by atoms with Crippen molar-refractivity contribution in [2.45, 2.75) is 55.3 Å². The zero-order chi connectivity index (χ0) is 27.6. The van der Waals surface area contributed by atoms with Crippen LogP contribution in [0.2, 0.25) is 0 Å². The van der Waals surface area contributed by atoms with Crippen molar-refractivity contribution in [2.75, 3.05) is 53.9 Å². The summed E-state index contributed by atoms with van der Waals surface area (Å²) in [6.07, 6.45) is -7.30. The van der Waals surface area contributed by atoms with E-state index in [1.54, 1.807) is 0 Å². The van der Waals surface area contributed by atoms with E-state index in [1.165, 1.54) is 21.1 Å². The van der Waals surface area contributed by atoms with Crippen molar-refractivity contribution in [3.63, 3.8) is 0 Å². The minimum absolute atomic E-state index is 0.0142. The Kier molecular flexibility index (Phi) is 10.3. The van der Waals surface area contributed by atoms with Gasteiger partial charge in [0.25, 0.3) is 0 Å². The van der Waals surface area contributed by atoms with Gasteiger partial charge in [0.05, 0.1) is 58.0 Å². The van der Waals surface area contributed by atoms with Gasteiger partial charge in [-0.1, -0.05) is 0 Å². The molecule has 3 rings (SSSR count). The lowest BCUT2D eigenvalue weighted by atomic mass is 9.80. The molecule has 3 fully saturated rings. The molecule has 218 valence electrons. The number of ether oxygens (including phenoxy) is 6. The average molecular weight is 583 g/mol. The Morgan fingerprint density at radius 2 is 1.57 bits per heavy atom. The van der Waals surface area contributed by atoms with E-state index in [9.17, 15) is 36.2 Å². The lowest BCUT2D eigenvalue weighted by Crippen LogP contribution is -2.65. The van der Waals surface area contributed by atoms with E-state index in [2.05, 4.69) is 0 Å². The first-order chi connectivity index (χ1) is 17.2. The molecule has 0 spiro atoms. The summed E-state index contributed by atoms with van der Waals surface area (Å²) in [7, 11) is -7.08. The van der Waals surface area contributed by atoms with E-state index < -0.39 is 87.6 Å². The summed E-state index contributed by atoms with van der Waals surface area (Å²) in [5.41, 5.74) is -1.66. The Bertz CT molecular complexity index is 959. The molecule has 3 aliphatic rings. The molecule has 0 aromatic heterocycles. The minimum Gasteiger partial charge on any atom is -0.393 e. The van der Waals surface area contributed by atoms with Crippen molar-refractivity contribution in [2.24, 2.45) is 11.8 Å². The van der Waals surface area contributed by atoms with E-state index in [4.69, 9.17) is 36.8 Å². The molecule has 2 bridgehead atoms. The van der Waals surface area contributed by atoms with Crippen molar-refractivity contribution < 1.29 is 72.9 Å². The van der Waals surface area contributed by atoms with Gasteiger partial charge in [-0.2, -0.15) is 16.8 Å². The maximum Gasteiger partial charge on any atom is 0.397 e. The molecule has 18 heteroatoms. The van der Waals surface area contributed by atoms with Crippen LogP contribution >= 0.6 is 0 Å². The number of fused-ring (bicyclic) bond motifs is 2. The van der Waals surface area contributed by atoms with Gasteiger partial charge in [0.1, 0.15) is 30.0 Å². The van der Waals surface area contributed by atoms with Crippen LogP contribution in [0.5, 0.6) is 0 Å². The van der Waals surface area contributed by atoms with Crippen molar-refractivity contribution >= 4 is 20.8 Å². The van der Waals surface area contributed by atoms with Gasteiger partial charge in [-0.3, -0.25) is 9.11 Å². The first-order valence-corrected chi connectivity index (χ1v) is 14.1. The summed E-state index contributed by atoms with van der Waals surface area (Å²) in [5, 5.41) is 20.8. The summed E-state index contributed by atoms with van der Waals surface area (Å²) in [6, 6.07) is 0. The Labute approximate surface area is 214 Å². The minimum atomic E-state index is -4.96. The van der Waals surface area contributed by atoms with Gasteiger partial charge in [-0.25, -0.2) is 8.37 Å². The lowest BCUT2D eigenvalue weighted by molar-refractivity contribution is -0.265. The lowest BCUT2D eigenvalue weighted by Gasteiger charge is -2.49. The molecule has 16 nitrogen and oxygen atoms in total. The van der Waals surface area contributed by atoms with Crippen LogP contribution in [0.15, 0.2) is 0 Å². The molecule has 10 atom stereocenters. The third kappa shape index (κ3) is 7.54. The zero-order valence-electron chi connectivity index (χ0n) is 20.4. The average Bonchev–Trinajstić information content (AvgIpc) is 3.09. The topological polar surface area (TPSA) is 223 Å². The normalized spacial score (nSPS) is 40.7. The van der Waals surface area contributed by atoms with Crippen LogP contribution in [-0.4, -0.2) is 138 Å². The van der Waals surface area contributed by atoms with Gasteiger partial charge in [0.2, 0.25) is 0 Å². The van der Waals surface area contributed by atoms with Crippen LogP contribution in [0.1, 0.15) is 6.92 Å². The first kappa shape index (κ1) is 31.0. The Balaban J connectivity index is 1.70. The highest BCUT2D eigenvalue weighted by atomic mass is 32.3. The summed E-state index contributed by atoms with van der Waals surface area (Å²) >= 11 is 0. The molecular weight excluding hydrogens is 548 g/mol. The number of aliphatic hydroxyl groups is 2. The number of hydrogen-bond acceptors (Lipinski definition) is 14. The van der Waals surface area contributed by atoms with Crippen LogP contribution in [0.25, 0.3) is 0 Å². The molecule has 0 radical (unpaired) electrons. The Morgan fingerprint density at radius 1 is 0.919 bits per heavy atom. The maximum atomic E-state index is 11.4. The number of rotatable bonds is 13. The van der Waals surface area contributed by atoms with Gasteiger partial charge >= 0.3 is 20.8 Å². The molecule has 3 heterocycles. The zero-order valence-corrected chi connectivity index (χ0v) is 22.1. The summed E-state index contributed by atoms with van der Waals surface area (Å²) < 4.78 is 107. The molecule has 37 heavy (non-hydrogen) atoms. The van der Waals surface area contributed by atoms with Crippen LogP contribution in [0.3, 0.4) is 0 Å². The molecule has 0 aromatic carbocycles. The Hall–Kier alpha value is -0.580. The third-order valence-corrected chi connectivity index (χ3v) is 7.59. The largest absolute Gasteiger partial charge is 0.397 e. The van der Waals surface area contributed by atoms with Crippen molar-refractivity contribution in [3.8, 4) is 0 Å². The molecule has 0 saturated carbocycles. The van der Waals surface area contributed by atoms with E-state index in [0.29, 0.717) is 0 Å². The van der Waals surface area contributed by atoms with E-state index in [0.717, 1.165) is 0 Å². The molecule has 3 aliphatic heterocycles. The van der Waals surface area contributed by atoms with Crippen molar-refractivity contribution in [1.82, 2.24) is 0 Å². The Morgan fingerprint density at radius 3 is 2.14 bits per heavy atom. The van der Waals surface area contributed by atoms with Crippen LogP contribution in [0.4, 0.5) is 0 Å². The third-order valence-electron chi connectivity index (χ3n) is 6.68. The van der Waals surface area contributed by atoms with Gasteiger partial charge < -0.3 is 38.6 Å². The van der Waals surface area contributed by atoms with E-state index in [1.807, 2.05) is 0 Å². The summed E-state index contributed by atoms with van der Waals surface area (Å²) in [6.45, 7) is 0.237. The van der Waals surface area contributed by atoms with Crippen LogP contribution in [-0.2, 0) is 57.6 Å². The highest BCUT2D eigenvalue weighted by molar-refractivity contribution is 7.81. The molecular formula is C19H34O16S2. The molecule has 4 N–H and O–H groups in total. The van der Waals surface area contributed by atoms with E-state index >= 15 is 0 Å². The molecule has 0 aromatic rings. The van der Waals surface area contributed by atoms with Gasteiger partial charge in [-0.05, 0) is 6.92 Å². The van der Waals surface area contributed by atoms with Crippen LogP contribution < -0.4 is 0 Å². The second-order valence-corrected chi connectivity index (χ2v) is 11.4. The van der Waals surface area contributed by atoms with E-state index in [-0.39, 0.29) is 33.0 Å². The fourth-order valence-corrected chi connectivity index (χ4v) is 6.19. The molecule has 0 aliphatic carbocycles. The standard InChI is InChI=1S/C19H34O16S2/c1-19(9-20)18(35-37(25,26)27)11(4-28-2)15(21)13(33-19)7-30-5-10-12-8-31-16(10)17(34-36(22,23)24)14(32-12)6-29-3/h10-18,20-21H,4-9H2,1-3H3,(H,22,23,24)(H,25,26,27)/t10-,11-,12?,13-,14+,15?,16+,17?,18+,19?/m0/s1. The number of hydrogen-bond donors (Lipinski definition) is 4. The molecule has 4 unspecified atom stereocenters. The quantitative estimate of drug-likeness (QED) is 0.166. The number of methoxy groups -OCH3 is 2. The van der Waals surface area contributed by atoms with Crippen molar-refractivity contribution in [3.05, 3.63) is 0 Å². The molecule has 3 saturated heterocycles. The highest BCUT2D eigenvalue weighted by Crippen LogP contribution is 2.39. The molecule has 0 amide bonds. The van der Waals surface area contributed by atoms with Crippen molar-refractivity contribution in [1.29, 1.82) is 0 Å².